The van der Waals surface area contributed by atoms with Crippen LogP contribution in [0.5, 0.6) is 0 Å². The zero-order valence-electron chi connectivity index (χ0n) is 13.4. The van der Waals surface area contributed by atoms with Gasteiger partial charge in [0.2, 0.25) is 5.95 Å². The van der Waals surface area contributed by atoms with E-state index in [1.165, 1.54) is 4.88 Å². The molecule has 6 heteroatoms. The molecule has 1 atom stereocenters. The molecular weight excluding hydrogens is 284 g/mol. The van der Waals surface area contributed by atoms with E-state index in [0.29, 0.717) is 18.6 Å². The first-order chi connectivity index (χ1) is 10.1. The van der Waals surface area contributed by atoms with Crippen molar-refractivity contribution in [2.24, 2.45) is 0 Å². The number of nitrogens with one attached hydrogen (secondary N) is 1. The standard InChI is InChI=1S/C15H24N4OS/c1-6-10(2)19(7-8-20-5)13-12-9-11(3)21-14(12)18-15(16-4)17-13/h9-10H,6-8H2,1-5H3,(H,16,17,18). The summed E-state index contributed by atoms with van der Waals surface area (Å²) in [5, 5.41) is 4.20. The number of anilines is 2. The summed E-state index contributed by atoms with van der Waals surface area (Å²) < 4.78 is 5.26. The highest BCUT2D eigenvalue weighted by Crippen LogP contribution is 2.32. The third-order valence-corrected chi connectivity index (χ3v) is 4.60. The first-order valence-corrected chi connectivity index (χ1v) is 8.13. The summed E-state index contributed by atoms with van der Waals surface area (Å²) >= 11 is 1.71. The fourth-order valence-electron chi connectivity index (χ4n) is 2.30. The second-order valence-corrected chi connectivity index (χ2v) is 6.37. The molecule has 0 saturated heterocycles. The maximum Gasteiger partial charge on any atom is 0.225 e. The first-order valence-electron chi connectivity index (χ1n) is 7.32. The van der Waals surface area contributed by atoms with Crippen LogP contribution >= 0.6 is 11.3 Å². The predicted octanol–water partition coefficient (Wildman–Crippen LogP) is 3.29. The summed E-state index contributed by atoms with van der Waals surface area (Å²) in [4.78, 5) is 13.9. The number of rotatable bonds is 7. The van der Waals surface area contributed by atoms with Gasteiger partial charge in [0.15, 0.2) is 0 Å². The van der Waals surface area contributed by atoms with Crippen LogP contribution in [0, 0.1) is 6.92 Å². The van der Waals surface area contributed by atoms with Gasteiger partial charge in [-0.3, -0.25) is 0 Å². The largest absolute Gasteiger partial charge is 0.383 e. The van der Waals surface area contributed by atoms with Gasteiger partial charge in [-0.1, -0.05) is 6.92 Å². The highest BCUT2D eigenvalue weighted by Gasteiger charge is 2.19. The number of thiophene rings is 1. The first kappa shape index (κ1) is 16.0. The van der Waals surface area contributed by atoms with E-state index in [1.54, 1.807) is 18.4 Å². The molecule has 0 aliphatic rings. The van der Waals surface area contributed by atoms with Crippen LogP contribution in [-0.2, 0) is 4.74 Å². The van der Waals surface area contributed by atoms with Crippen molar-refractivity contribution in [1.29, 1.82) is 0 Å². The third kappa shape index (κ3) is 3.44. The van der Waals surface area contributed by atoms with Gasteiger partial charge in [-0.2, -0.15) is 4.98 Å². The van der Waals surface area contributed by atoms with Crippen LogP contribution in [0.25, 0.3) is 10.2 Å². The van der Waals surface area contributed by atoms with E-state index in [-0.39, 0.29) is 0 Å². The van der Waals surface area contributed by atoms with E-state index in [4.69, 9.17) is 9.72 Å². The van der Waals surface area contributed by atoms with Crippen LogP contribution in [0.4, 0.5) is 11.8 Å². The Morgan fingerprint density at radius 1 is 1.43 bits per heavy atom. The highest BCUT2D eigenvalue weighted by molar-refractivity contribution is 7.18. The fourth-order valence-corrected chi connectivity index (χ4v) is 3.18. The van der Waals surface area contributed by atoms with Crippen molar-refractivity contribution >= 4 is 33.3 Å². The van der Waals surface area contributed by atoms with Gasteiger partial charge in [0.05, 0.1) is 12.0 Å². The minimum atomic E-state index is 0.406. The number of methoxy groups -OCH3 is 1. The summed E-state index contributed by atoms with van der Waals surface area (Å²) in [5.74, 6) is 1.67. The van der Waals surface area contributed by atoms with Gasteiger partial charge in [-0.25, -0.2) is 4.98 Å². The maximum absolute atomic E-state index is 5.26. The molecule has 2 heterocycles. The molecule has 0 aromatic carbocycles. The molecule has 0 aliphatic carbocycles. The van der Waals surface area contributed by atoms with Crippen LogP contribution in [0.15, 0.2) is 6.07 Å². The number of hydrogen-bond donors (Lipinski definition) is 1. The molecule has 116 valence electrons. The van der Waals surface area contributed by atoms with Gasteiger partial charge < -0.3 is 15.0 Å². The average molecular weight is 308 g/mol. The van der Waals surface area contributed by atoms with Gasteiger partial charge in [0.1, 0.15) is 10.6 Å². The van der Waals surface area contributed by atoms with E-state index in [1.807, 2.05) is 7.05 Å². The van der Waals surface area contributed by atoms with Crippen molar-refractivity contribution < 1.29 is 4.74 Å². The van der Waals surface area contributed by atoms with Gasteiger partial charge in [0.25, 0.3) is 0 Å². The number of ether oxygens (including phenoxy) is 1. The minimum Gasteiger partial charge on any atom is -0.383 e. The van der Waals surface area contributed by atoms with E-state index >= 15 is 0 Å². The molecular formula is C15H24N4OS. The molecule has 2 aromatic rings. The zero-order valence-corrected chi connectivity index (χ0v) is 14.3. The van der Waals surface area contributed by atoms with Crippen molar-refractivity contribution in [3.8, 4) is 0 Å². The summed E-state index contributed by atoms with van der Waals surface area (Å²) in [6.45, 7) is 8.05. The van der Waals surface area contributed by atoms with Crippen LogP contribution in [0.3, 0.4) is 0 Å². The van der Waals surface area contributed by atoms with Crippen LogP contribution in [0.1, 0.15) is 25.1 Å². The monoisotopic (exact) mass is 308 g/mol. The molecule has 0 aliphatic heterocycles. The van der Waals surface area contributed by atoms with Gasteiger partial charge in [-0.15, -0.1) is 11.3 Å². The second-order valence-electron chi connectivity index (χ2n) is 5.14. The quantitative estimate of drug-likeness (QED) is 0.850. The van der Waals surface area contributed by atoms with E-state index in [0.717, 1.165) is 29.0 Å². The number of aryl methyl sites for hydroxylation is 1. The van der Waals surface area contributed by atoms with Crippen molar-refractivity contribution in [3.63, 3.8) is 0 Å². The summed E-state index contributed by atoms with van der Waals surface area (Å²) in [6, 6.07) is 2.58. The number of fused-ring (bicyclic) bond motifs is 1. The second kappa shape index (κ2) is 7.04. The van der Waals surface area contributed by atoms with Gasteiger partial charge in [-0.05, 0) is 26.3 Å². The molecule has 21 heavy (non-hydrogen) atoms. The van der Waals surface area contributed by atoms with Gasteiger partial charge in [0, 0.05) is 31.6 Å². The molecule has 1 N–H and O–H groups in total. The lowest BCUT2D eigenvalue weighted by Gasteiger charge is -2.30. The highest BCUT2D eigenvalue weighted by atomic mass is 32.1. The Bertz CT molecular complexity index is 599. The van der Waals surface area contributed by atoms with E-state index in [2.05, 4.69) is 42.0 Å². The summed E-state index contributed by atoms with van der Waals surface area (Å²) in [7, 11) is 3.59. The van der Waals surface area contributed by atoms with Crippen molar-refractivity contribution in [2.75, 3.05) is 37.5 Å². The van der Waals surface area contributed by atoms with Gasteiger partial charge >= 0.3 is 0 Å². The molecule has 2 rings (SSSR count). The minimum absolute atomic E-state index is 0.406. The lowest BCUT2D eigenvalue weighted by molar-refractivity contribution is 0.203. The zero-order chi connectivity index (χ0) is 15.4. The van der Waals surface area contributed by atoms with Crippen molar-refractivity contribution in [2.45, 2.75) is 33.2 Å². The SMILES string of the molecule is CCC(C)N(CCOC)c1nc(NC)nc2sc(C)cc12. The smallest absolute Gasteiger partial charge is 0.225 e. The molecule has 0 amide bonds. The molecule has 0 saturated carbocycles. The number of aromatic nitrogens is 2. The average Bonchev–Trinajstić information content (AvgIpc) is 2.86. The molecule has 2 aromatic heterocycles. The normalized spacial score (nSPS) is 12.6. The molecule has 1 unspecified atom stereocenters. The Hall–Kier alpha value is -1.40. The Kier molecular flexibility index (Phi) is 5.36. The lowest BCUT2D eigenvalue weighted by Crippen LogP contribution is -2.36. The summed E-state index contributed by atoms with van der Waals surface area (Å²) in [6.07, 6.45) is 1.06. The predicted molar refractivity (Wildman–Crippen MR) is 90.7 cm³/mol. The van der Waals surface area contributed by atoms with Crippen LogP contribution < -0.4 is 10.2 Å². The third-order valence-electron chi connectivity index (χ3n) is 3.65. The Morgan fingerprint density at radius 3 is 2.81 bits per heavy atom. The summed E-state index contributed by atoms with van der Waals surface area (Å²) in [5.41, 5.74) is 0. The van der Waals surface area contributed by atoms with Crippen molar-refractivity contribution in [3.05, 3.63) is 10.9 Å². The number of nitrogens with zero attached hydrogens (tertiary/aromatic N) is 3. The van der Waals surface area contributed by atoms with E-state index < -0.39 is 0 Å². The van der Waals surface area contributed by atoms with Crippen molar-refractivity contribution in [1.82, 2.24) is 9.97 Å². The molecule has 0 bridgehead atoms. The van der Waals surface area contributed by atoms with Crippen LogP contribution in [-0.4, -0.2) is 43.3 Å². The molecule has 5 nitrogen and oxygen atoms in total. The Morgan fingerprint density at radius 2 is 2.19 bits per heavy atom. The maximum atomic E-state index is 5.26. The topological polar surface area (TPSA) is 50.3 Å². The number of hydrogen-bond acceptors (Lipinski definition) is 6. The Labute approximate surface area is 130 Å². The van der Waals surface area contributed by atoms with Crippen LogP contribution in [0.2, 0.25) is 0 Å². The lowest BCUT2D eigenvalue weighted by atomic mass is 10.2. The molecule has 0 fully saturated rings. The molecule has 0 radical (unpaired) electrons. The molecule has 0 spiro atoms. The Balaban J connectivity index is 2.53. The van der Waals surface area contributed by atoms with E-state index in [9.17, 15) is 0 Å². The fraction of sp³-hybridized carbons (Fsp3) is 0.600.